The maximum Gasteiger partial charge on any atom is 0.274 e. The van der Waals surface area contributed by atoms with E-state index in [-0.39, 0.29) is 41.8 Å². The van der Waals surface area contributed by atoms with Crippen molar-refractivity contribution < 1.29 is 14.4 Å². The van der Waals surface area contributed by atoms with Gasteiger partial charge in [0.1, 0.15) is 12.4 Å². The Hall–Kier alpha value is -1.15. The quantitative estimate of drug-likeness (QED) is 0.647. The standard InChI is InChI=1S/C12H16FN3O3.2ClH/c13-8-12(15-5-3-14-4-6-15)10-7-9(17)1-2-11(10)16(18)19;;/h1-2,7,12,14,17H,3-6,8H2;2*1H/t12-;;/m0../s1. The summed E-state index contributed by atoms with van der Waals surface area (Å²) >= 11 is 0. The van der Waals surface area contributed by atoms with Gasteiger partial charge >= 0.3 is 0 Å². The smallest absolute Gasteiger partial charge is 0.274 e. The van der Waals surface area contributed by atoms with E-state index in [1.165, 1.54) is 18.2 Å². The fourth-order valence-electron chi connectivity index (χ4n) is 2.35. The van der Waals surface area contributed by atoms with E-state index >= 15 is 0 Å². The number of hydrogen-bond acceptors (Lipinski definition) is 5. The molecular formula is C12H18Cl2FN3O3. The molecule has 1 saturated heterocycles. The molecule has 6 nitrogen and oxygen atoms in total. The summed E-state index contributed by atoms with van der Waals surface area (Å²) in [5.74, 6) is -0.0887. The average Bonchev–Trinajstić information content (AvgIpc) is 2.40. The van der Waals surface area contributed by atoms with Crippen molar-refractivity contribution >= 4 is 30.5 Å². The third kappa shape index (κ3) is 4.67. The Bertz CT molecular complexity index is 473. The highest BCUT2D eigenvalue weighted by Crippen LogP contribution is 2.32. The highest BCUT2D eigenvalue weighted by Gasteiger charge is 2.28. The molecule has 0 aromatic heterocycles. The number of phenols is 1. The van der Waals surface area contributed by atoms with Crippen LogP contribution in [-0.2, 0) is 0 Å². The minimum Gasteiger partial charge on any atom is -0.508 e. The molecule has 1 aromatic rings. The number of halogens is 3. The molecule has 1 atom stereocenters. The zero-order valence-corrected chi connectivity index (χ0v) is 12.8. The third-order valence-corrected chi connectivity index (χ3v) is 3.31. The van der Waals surface area contributed by atoms with Gasteiger partial charge in [-0.3, -0.25) is 15.0 Å². The summed E-state index contributed by atoms with van der Waals surface area (Å²) in [7, 11) is 0. The van der Waals surface area contributed by atoms with E-state index in [2.05, 4.69) is 5.32 Å². The number of nitrogens with zero attached hydrogens (tertiary/aromatic N) is 2. The van der Waals surface area contributed by atoms with Gasteiger partial charge in [0.25, 0.3) is 5.69 Å². The van der Waals surface area contributed by atoms with Crippen molar-refractivity contribution in [3.8, 4) is 5.75 Å². The largest absolute Gasteiger partial charge is 0.508 e. The van der Waals surface area contributed by atoms with Crippen molar-refractivity contribution in [3.63, 3.8) is 0 Å². The summed E-state index contributed by atoms with van der Waals surface area (Å²) in [6, 6.07) is 3.06. The zero-order chi connectivity index (χ0) is 13.8. The highest BCUT2D eigenvalue weighted by atomic mass is 35.5. The number of benzene rings is 1. The van der Waals surface area contributed by atoms with Crippen LogP contribution in [0.2, 0.25) is 0 Å². The molecule has 0 radical (unpaired) electrons. The first-order valence-corrected chi connectivity index (χ1v) is 6.11. The van der Waals surface area contributed by atoms with Crippen molar-refractivity contribution in [1.29, 1.82) is 0 Å². The number of alkyl halides is 1. The molecule has 0 saturated carbocycles. The fourth-order valence-corrected chi connectivity index (χ4v) is 2.35. The molecule has 21 heavy (non-hydrogen) atoms. The lowest BCUT2D eigenvalue weighted by atomic mass is 10.0. The van der Waals surface area contributed by atoms with Crippen LogP contribution in [0.5, 0.6) is 5.75 Å². The maximum atomic E-state index is 13.3. The Kier molecular flexibility index (Phi) is 8.50. The van der Waals surface area contributed by atoms with Crippen LogP contribution in [0.3, 0.4) is 0 Å². The number of phenolic OH excluding ortho intramolecular Hbond substituents is 1. The predicted octanol–water partition coefficient (Wildman–Crippen LogP) is 2.06. The SMILES string of the molecule is Cl.Cl.O=[N+]([O-])c1ccc(O)cc1[C@H](CF)N1CCNCC1. The second-order valence-electron chi connectivity index (χ2n) is 4.46. The molecule has 1 aliphatic heterocycles. The van der Waals surface area contributed by atoms with Crippen molar-refractivity contribution in [2.24, 2.45) is 0 Å². The van der Waals surface area contributed by atoms with Gasteiger partial charge in [0.05, 0.1) is 16.5 Å². The molecular weight excluding hydrogens is 324 g/mol. The summed E-state index contributed by atoms with van der Waals surface area (Å²) in [5.41, 5.74) is 0.0772. The Labute approximate surface area is 134 Å². The first-order valence-electron chi connectivity index (χ1n) is 6.11. The number of hydrogen-bond donors (Lipinski definition) is 2. The molecule has 9 heteroatoms. The lowest BCUT2D eigenvalue weighted by Gasteiger charge is -2.33. The Balaban J connectivity index is 0.00000200. The number of nitrogens with one attached hydrogen (secondary N) is 1. The van der Waals surface area contributed by atoms with Gasteiger partial charge in [-0.15, -0.1) is 24.8 Å². The van der Waals surface area contributed by atoms with Crippen molar-refractivity contribution in [3.05, 3.63) is 33.9 Å². The Morgan fingerprint density at radius 1 is 1.38 bits per heavy atom. The average molecular weight is 342 g/mol. The molecule has 0 amide bonds. The second-order valence-corrected chi connectivity index (χ2v) is 4.46. The fraction of sp³-hybridized carbons (Fsp3) is 0.500. The number of piperazine rings is 1. The van der Waals surface area contributed by atoms with E-state index in [1.807, 2.05) is 4.90 Å². The van der Waals surface area contributed by atoms with Crippen LogP contribution in [0.25, 0.3) is 0 Å². The molecule has 0 bridgehead atoms. The topological polar surface area (TPSA) is 78.6 Å². The minimum atomic E-state index is -0.718. The molecule has 120 valence electrons. The number of nitro benzene ring substituents is 1. The van der Waals surface area contributed by atoms with Crippen LogP contribution in [0.15, 0.2) is 18.2 Å². The third-order valence-electron chi connectivity index (χ3n) is 3.31. The van der Waals surface area contributed by atoms with E-state index in [9.17, 15) is 19.6 Å². The molecule has 0 unspecified atom stereocenters. The monoisotopic (exact) mass is 341 g/mol. The molecule has 1 heterocycles. The van der Waals surface area contributed by atoms with Crippen LogP contribution in [-0.4, -0.2) is 47.8 Å². The normalized spacial score (nSPS) is 16.4. The minimum absolute atomic E-state index is 0. The summed E-state index contributed by atoms with van der Waals surface area (Å²) in [6.07, 6.45) is 0. The van der Waals surface area contributed by atoms with Gasteiger partial charge in [0.2, 0.25) is 0 Å². The zero-order valence-electron chi connectivity index (χ0n) is 11.2. The van der Waals surface area contributed by atoms with Gasteiger partial charge in [-0.05, 0) is 12.1 Å². The van der Waals surface area contributed by atoms with Gasteiger partial charge in [-0.2, -0.15) is 0 Å². The molecule has 0 aliphatic carbocycles. The van der Waals surface area contributed by atoms with E-state index in [4.69, 9.17) is 0 Å². The summed E-state index contributed by atoms with van der Waals surface area (Å²) in [6.45, 7) is 1.99. The molecule has 2 rings (SSSR count). The number of aromatic hydroxyl groups is 1. The highest BCUT2D eigenvalue weighted by molar-refractivity contribution is 5.85. The van der Waals surface area contributed by atoms with Crippen LogP contribution >= 0.6 is 24.8 Å². The van der Waals surface area contributed by atoms with Gasteiger partial charge < -0.3 is 10.4 Å². The van der Waals surface area contributed by atoms with E-state index in [0.29, 0.717) is 13.1 Å². The van der Waals surface area contributed by atoms with Gasteiger partial charge in [-0.25, -0.2) is 4.39 Å². The second kappa shape index (κ2) is 8.99. The van der Waals surface area contributed by atoms with Crippen LogP contribution in [0.4, 0.5) is 10.1 Å². The first kappa shape index (κ1) is 19.9. The first-order chi connectivity index (χ1) is 9.13. The lowest BCUT2D eigenvalue weighted by molar-refractivity contribution is -0.386. The lowest BCUT2D eigenvalue weighted by Crippen LogP contribution is -2.45. The maximum absolute atomic E-state index is 13.3. The van der Waals surface area contributed by atoms with Gasteiger partial charge in [-0.1, -0.05) is 0 Å². The molecule has 0 spiro atoms. The van der Waals surface area contributed by atoms with Crippen molar-refractivity contribution in [1.82, 2.24) is 10.2 Å². The molecule has 1 aromatic carbocycles. The Morgan fingerprint density at radius 3 is 2.52 bits per heavy atom. The van der Waals surface area contributed by atoms with Gasteiger partial charge in [0.15, 0.2) is 0 Å². The summed E-state index contributed by atoms with van der Waals surface area (Å²) in [4.78, 5) is 12.3. The molecule has 2 N–H and O–H groups in total. The molecule has 1 aliphatic rings. The van der Waals surface area contributed by atoms with Crippen LogP contribution < -0.4 is 5.32 Å². The van der Waals surface area contributed by atoms with E-state index < -0.39 is 17.6 Å². The van der Waals surface area contributed by atoms with Gasteiger partial charge in [0, 0.05) is 32.2 Å². The van der Waals surface area contributed by atoms with E-state index in [1.54, 1.807) is 0 Å². The van der Waals surface area contributed by atoms with Crippen molar-refractivity contribution in [2.75, 3.05) is 32.9 Å². The van der Waals surface area contributed by atoms with E-state index in [0.717, 1.165) is 13.1 Å². The number of nitro groups is 1. The van der Waals surface area contributed by atoms with Crippen molar-refractivity contribution in [2.45, 2.75) is 6.04 Å². The Morgan fingerprint density at radius 2 is 2.00 bits per heavy atom. The molecule has 1 fully saturated rings. The predicted molar refractivity (Wildman–Crippen MR) is 82.4 cm³/mol. The summed E-state index contributed by atoms with van der Waals surface area (Å²) < 4.78 is 13.3. The number of rotatable bonds is 4. The van der Waals surface area contributed by atoms with Crippen LogP contribution in [0.1, 0.15) is 11.6 Å². The summed E-state index contributed by atoms with van der Waals surface area (Å²) in [5, 5.41) is 23.6. The van der Waals surface area contributed by atoms with Crippen LogP contribution in [0, 0.1) is 10.1 Å².